The van der Waals surface area contributed by atoms with Crippen molar-refractivity contribution in [2.75, 3.05) is 5.75 Å². The Morgan fingerprint density at radius 2 is 2.00 bits per heavy atom. The van der Waals surface area contributed by atoms with Gasteiger partial charge in [0.15, 0.2) is 5.58 Å². The number of nitrogens with one attached hydrogen (secondary N) is 2. The fourth-order valence-corrected chi connectivity index (χ4v) is 4.77. The van der Waals surface area contributed by atoms with E-state index in [9.17, 15) is 9.59 Å². The van der Waals surface area contributed by atoms with Gasteiger partial charge in [-0.15, -0.1) is 0 Å². The summed E-state index contributed by atoms with van der Waals surface area (Å²) < 4.78 is 5.55. The summed E-state index contributed by atoms with van der Waals surface area (Å²) in [4.78, 5) is 28.2. The van der Waals surface area contributed by atoms with Crippen LogP contribution in [0.5, 0.6) is 0 Å². The highest BCUT2D eigenvalue weighted by Crippen LogP contribution is 2.49. The largest absolute Gasteiger partial charge is 0.431 e. The number of hydrogen-bond acceptors (Lipinski definition) is 5. The van der Waals surface area contributed by atoms with Crippen LogP contribution in [-0.4, -0.2) is 22.6 Å². The molecule has 3 atom stereocenters. The smallest absolute Gasteiger partial charge is 0.257 e. The van der Waals surface area contributed by atoms with Crippen molar-refractivity contribution in [3.63, 3.8) is 0 Å². The Morgan fingerprint density at radius 1 is 1.16 bits per heavy atom. The van der Waals surface area contributed by atoms with E-state index in [-0.39, 0.29) is 17.6 Å². The average Bonchev–Trinajstić information content (AvgIpc) is 3.32. The molecule has 4 rings (SSSR count). The van der Waals surface area contributed by atoms with E-state index in [0.717, 1.165) is 11.4 Å². The van der Waals surface area contributed by atoms with Crippen LogP contribution in [0.2, 0.25) is 0 Å². The standard InChI is InChI=1S/C18H21N3O3S/c22-16(9-13-8-11-5-6-12(13)7-11)20-21-17(23)10-25-18-19-14-3-1-2-4-15(14)24-18/h1-4,11-13H,5-10H2,(H,20,22)(H,21,23)/t11-,12+,13-/m0/s1. The Balaban J connectivity index is 1.19. The maximum atomic E-state index is 12.0. The van der Waals surface area contributed by atoms with E-state index in [2.05, 4.69) is 15.8 Å². The van der Waals surface area contributed by atoms with Crippen LogP contribution in [0.3, 0.4) is 0 Å². The molecule has 2 bridgehead atoms. The fourth-order valence-electron chi connectivity index (χ4n) is 4.13. The Kier molecular flexibility index (Phi) is 4.65. The van der Waals surface area contributed by atoms with Crippen LogP contribution in [0.1, 0.15) is 32.1 Å². The third kappa shape index (κ3) is 3.81. The van der Waals surface area contributed by atoms with Gasteiger partial charge in [-0.25, -0.2) is 4.98 Å². The molecular formula is C18H21N3O3S. The number of para-hydroxylation sites is 2. The number of fused-ring (bicyclic) bond motifs is 3. The monoisotopic (exact) mass is 359 g/mol. The van der Waals surface area contributed by atoms with Gasteiger partial charge in [0.1, 0.15) is 5.52 Å². The molecule has 2 fully saturated rings. The van der Waals surface area contributed by atoms with E-state index < -0.39 is 0 Å². The van der Waals surface area contributed by atoms with Crippen molar-refractivity contribution in [1.29, 1.82) is 0 Å². The first kappa shape index (κ1) is 16.4. The Bertz CT molecular complexity index is 758. The van der Waals surface area contributed by atoms with Crippen molar-refractivity contribution >= 4 is 34.7 Å². The first-order valence-corrected chi connectivity index (χ1v) is 9.72. The summed E-state index contributed by atoms with van der Waals surface area (Å²) in [7, 11) is 0. The molecule has 0 radical (unpaired) electrons. The van der Waals surface area contributed by atoms with Gasteiger partial charge >= 0.3 is 0 Å². The number of hydrogen-bond donors (Lipinski definition) is 2. The second-order valence-corrected chi connectivity index (χ2v) is 7.90. The Hall–Kier alpha value is -2.02. The number of nitrogens with zero attached hydrogens (tertiary/aromatic N) is 1. The highest BCUT2D eigenvalue weighted by Gasteiger charge is 2.40. The predicted octanol–water partition coefficient (Wildman–Crippen LogP) is 2.89. The molecule has 0 aliphatic heterocycles. The molecular weight excluding hydrogens is 338 g/mol. The van der Waals surface area contributed by atoms with E-state index in [0.29, 0.717) is 29.1 Å². The molecule has 1 aromatic heterocycles. The molecule has 2 saturated carbocycles. The summed E-state index contributed by atoms with van der Waals surface area (Å²) in [6.07, 6.45) is 5.55. The first-order chi connectivity index (χ1) is 12.2. The SMILES string of the molecule is O=C(CSc1nc2ccccc2o1)NNC(=O)C[C@@H]1C[C@H]2CC[C@@H]1C2. The third-order valence-corrected chi connectivity index (χ3v) is 6.10. The van der Waals surface area contributed by atoms with Gasteiger partial charge in [-0.05, 0) is 49.1 Å². The number of hydrazine groups is 1. The van der Waals surface area contributed by atoms with Crippen molar-refractivity contribution in [3.8, 4) is 0 Å². The second kappa shape index (κ2) is 7.07. The molecule has 132 valence electrons. The summed E-state index contributed by atoms with van der Waals surface area (Å²) in [6, 6.07) is 7.46. The van der Waals surface area contributed by atoms with Crippen LogP contribution < -0.4 is 10.9 Å². The number of carbonyl (C=O) groups is 2. The van der Waals surface area contributed by atoms with Crippen molar-refractivity contribution < 1.29 is 14.0 Å². The first-order valence-electron chi connectivity index (χ1n) is 8.73. The zero-order valence-electron chi connectivity index (χ0n) is 13.9. The molecule has 2 aliphatic carbocycles. The number of thioether (sulfide) groups is 1. The van der Waals surface area contributed by atoms with Crippen LogP contribution >= 0.6 is 11.8 Å². The quantitative estimate of drug-likeness (QED) is 0.633. The fraction of sp³-hybridized carbons (Fsp3) is 0.500. The highest BCUT2D eigenvalue weighted by molar-refractivity contribution is 7.99. The summed E-state index contributed by atoms with van der Waals surface area (Å²) >= 11 is 1.21. The molecule has 0 spiro atoms. The normalized spacial score (nSPS) is 24.6. The molecule has 1 aromatic carbocycles. The highest BCUT2D eigenvalue weighted by atomic mass is 32.2. The molecule has 2 aliphatic rings. The topological polar surface area (TPSA) is 84.2 Å². The van der Waals surface area contributed by atoms with E-state index in [1.165, 1.54) is 37.4 Å². The zero-order chi connectivity index (χ0) is 17.2. The van der Waals surface area contributed by atoms with E-state index >= 15 is 0 Å². The number of benzene rings is 1. The lowest BCUT2D eigenvalue weighted by Crippen LogP contribution is -2.43. The van der Waals surface area contributed by atoms with Gasteiger partial charge in [0.2, 0.25) is 11.8 Å². The van der Waals surface area contributed by atoms with Crippen molar-refractivity contribution in [2.24, 2.45) is 17.8 Å². The molecule has 2 N–H and O–H groups in total. The minimum Gasteiger partial charge on any atom is -0.431 e. The van der Waals surface area contributed by atoms with Crippen molar-refractivity contribution in [3.05, 3.63) is 24.3 Å². The van der Waals surface area contributed by atoms with Crippen LogP contribution in [0, 0.1) is 17.8 Å². The van der Waals surface area contributed by atoms with Gasteiger partial charge in [0.25, 0.3) is 5.22 Å². The van der Waals surface area contributed by atoms with Gasteiger partial charge in [-0.2, -0.15) is 0 Å². The third-order valence-electron chi connectivity index (χ3n) is 5.27. The average molecular weight is 359 g/mol. The lowest BCUT2D eigenvalue weighted by molar-refractivity contribution is -0.128. The summed E-state index contributed by atoms with van der Waals surface area (Å²) in [6.45, 7) is 0. The van der Waals surface area contributed by atoms with Gasteiger partial charge in [0, 0.05) is 6.42 Å². The van der Waals surface area contributed by atoms with Gasteiger partial charge in [-0.1, -0.05) is 30.3 Å². The summed E-state index contributed by atoms with van der Waals surface area (Å²) in [5.41, 5.74) is 6.47. The van der Waals surface area contributed by atoms with E-state index in [4.69, 9.17) is 4.42 Å². The number of rotatable bonds is 5. The lowest BCUT2D eigenvalue weighted by atomic mass is 9.86. The molecule has 6 nitrogen and oxygen atoms in total. The Labute approximate surface area is 150 Å². The lowest BCUT2D eigenvalue weighted by Gasteiger charge is -2.20. The van der Waals surface area contributed by atoms with Crippen LogP contribution in [0.15, 0.2) is 33.9 Å². The van der Waals surface area contributed by atoms with Crippen LogP contribution in [-0.2, 0) is 9.59 Å². The van der Waals surface area contributed by atoms with E-state index in [1.807, 2.05) is 24.3 Å². The zero-order valence-corrected chi connectivity index (χ0v) is 14.7. The maximum absolute atomic E-state index is 12.0. The van der Waals surface area contributed by atoms with Crippen molar-refractivity contribution in [2.45, 2.75) is 37.3 Å². The summed E-state index contributed by atoms with van der Waals surface area (Å²) in [5.74, 6) is 1.80. The number of amides is 2. The maximum Gasteiger partial charge on any atom is 0.257 e. The van der Waals surface area contributed by atoms with E-state index in [1.54, 1.807) is 0 Å². The molecule has 0 saturated heterocycles. The van der Waals surface area contributed by atoms with Crippen LogP contribution in [0.4, 0.5) is 0 Å². The minimum absolute atomic E-state index is 0.0993. The van der Waals surface area contributed by atoms with Gasteiger partial charge in [0.05, 0.1) is 5.75 Å². The minimum atomic E-state index is -0.270. The summed E-state index contributed by atoms with van der Waals surface area (Å²) in [5, 5.41) is 0.449. The molecule has 2 amide bonds. The molecule has 2 aromatic rings. The molecule has 7 heteroatoms. The van der Waals surface area contributed by atoms with Gasteiger partial charge < -0.3 is 4.42 Å². The van der Waals surface area contributed by atoms with Crippen LogP contribution in [0.25, 0.3) is 11.1 Å². The number of aromatic nitrogens is 1. The molecule has 1 heterocycles. The molecule has 25 heavy (non-hydrogen) atoms. The number of carbonyl (C=O) groups excluding carboxylic acids is 2. The Morgan fingerprint density at radius 3 is 2.76 bits per heavy atom. The molecule has 0 unspecified atom stereocenters. The second-order valence-electron chi connectivity index (χ2n) is 6.97. The van der Waals surface area contributed by atoms with Gasteiger partial charge in [-0.3, -0.25) is 20.4 Å². The number of oxazole rings is 1. The van der Waals surface area contributed by atoms with Crippen molar-refractivity contribution in [1.82, 2.24) is 15.8 Å². The predicted molar refractivity (Wildman–Crippen MR) is 94.6 cm³/mol.